The van der Waals surface area contributed by atoms with Crippen LogP contribution in [0.3, 0.4) is 0 Å². The Morgan fingerprint density at radius 1 is 1.38 bits per heavy atom. The zero-order valence-electron chi connectivity index (χ0n) is 10.4. The number of carbonyl (C=O) groups excluding carboxylic acids is 1. The predicted octanol–water partition coefficient (Wildman–Crippen LogP) is 2.96. The van der Waals surface area contributed by atoms with Crippen molar-refractivity contribution in [3.8, 4) is 0 Å². The summed E-state index contributed by atoms with van der Waals surface area (Å²) < 4.78 is 5.32. The molecule has 0 spiro atoms. The average molecular weight is 242 g/mol. The van der Waals surface area contributed by atoms with E-state index in [0.29, 0.717) is 28.3 Å². The lowest BCUT2D eigenvalue weighted by Crippen LogP contribution is -2.11. The first-order valence-corrected chi connectivity index (χ1v) is 5.71. The van der Waals surface area contributed by atoms with Gasteiger partial charge in [-0.1, -0.05) is 26.1 Å². The molecule has 0 unspecified atom stereocenters. The van der Waals surface area contributed by atoms with Crippen LogP contribution in [0.15, 0.2) is 0 Å². The van der Waals surface area contributed by atoms with E-state index in [0.717, 1.165) is 0 Å². The topological polar surface area (TPSA) is 55.0 Å². The van der Waals surface area contributed by atoms with Crippen LogP contribution in [0.2, 0.25) is 0 Å². The lowest BCUT2D eigenvalue weighted by molar-refractivity contribution is 0.0517. The van der Waals surface area contributed by atoms with Crippen LogP contribution < -0.4 is 0 Å². The summed E-state index contributed by atoms with van der Waals surface area (Å²) in [5.41, 5.74) is 1.66. The molecule has 0 aliphatic carbocycles. The van der Waals surface area contributed by atoms with Crippen LogP contribution in [-0.4, -0.2) is 22.5 Å². The average Bonchev–Trinajstić information content (AvgIpc) is 2.26. The summed E-state index contributed by atoms with van der Waals surface area (Å²) in [6, 6.07) is 0. The van der Waals surface area contributed by atoms with Crippen LogP contribution >= 0.6 is 12.2 Å². The van der Waals surface area contributed by atoms with Gasteiger partial charge in [0.1, 0.15) is 10.3 Å². The molecule has 0 aliphatic heterocycles. The smallest absolute Gasteiger partial charge is 0.356 e. The summed E-state index contributed by atoms with van der Waals surface area (Å²) in [4.78, 5) is 18.3. The fraction of sp³-hybridized carbons (Fsp3) is 0.545. The van der Waals surface area contributed by atoms with Crippen molar-refractivity contribution in [2.24, 2.45) is 0 Å². The molecule has 1 aromatic heterocycles. The van der Waals surface area contributed by atoms with Gasteiger partial charge in [0.15, 0.2) is 0 Å². The molecule has 0 saturated heterocycles. The molecule has 5 heteroatoms. The first-order valence-electron chi connectivity index (χ1n) is 5.31. The Hall–Kier alpha value is -1.23. The third-order valence-corrected chi connectivity index (χ3v) is 2.14. The van der Waals surface area contributed by atoms with Crippen LogP contribution in [-0.2, 0) is 4.74 Å². The Kier molecular flexibility index (Phi) is 6.56. The highest BCUT2D eigenvalue weighted by Gasteiger charge is 2.12. The SMILES string of the molecule is CC.CCOC(=O)c1[nH]c(=S)c(C)nc1C. The molecule has 4 nitrogen and oxygen atoms in total. The quantitative estimate of drug-likeness (QED) is 0.640. The Balaban J connectivity index is 0.00000106. The molecule has 16 heavy (non-hydrogen) atoms. The van der Waals surface area contributed by atoms with E-state index >= 15 is 0 Å². The van der Waals surface area contributed by atoms with Gasteiger partial charge in [0, 0.05) is 0 Å². The van der Waals surface area contributed by atoms with E-state index in [-0.39, 0.29) is 0 Å². The summed E-state index contributed by atoms with van der Waals surface area (Å²) in [6.07, 6.45) is 0. The third-order valence-electron chi connectivity index (χ3n) is 1.74. The molecule has 0 aliphatic rings. The molecule has 0 fully saturated rings. The molecule has 1 rings (SSSR count). The molecule has 1 aromatic rings. The highest BCUT2D eigenvalue weighted by molar-refractivity contribution is 7.71. The molecular weight excluding hydrogens is 224 g/mol. The fourth-order valence-electron chi connectivity index (χ4n) is 1.05. The summed E-state index contributed by atoms with van der Waals surface area (Å²) in [5, 5.41) is 0. The van der Waals surface area contributed by atoms with Gasteiger partial charge in [0.2, 0.25) is 0 Å². The number of ether oxygens (including phenoxy) is 1. The summed E-state index contributed by atoms with van der Waals surface area (Å²) in [5.74, 6) is -0.413. The standard InChI is InChI=1S/C9H12N2O2S.C2H6/c1-4-13-9(12)7-5(2)10-6(3)8(14)11-7;1-2/h4H2,1-3H3,(H,11,14);1-2H3. The van der Waals surface area contributed by atoms with Gasteiger partial charge in [0.05, 0.1) is 18.0 Å². The number of nitrogens with one attached hydrogen (secondary N) is 1. The highest BCUT2D eigenvalue weighted by atomic mass is 32.1. The number of rotatable bonds is 2. The second-order valence-electron chi connectivity index (χ2n) is 2.83. The Labute approximate surface area is 101 Å². The van der Waals surface area contributed by atoms with Gasteiger partial charge in [-0.25, -0.2) is 4.79 Å². The minimum Gasteiger partial charge on any atom is -0.461 e. The van der Waals surface area contributed by atoms with Crippen molar-refractivity contribution < 1.29 is 9.53 Å². The van der Waals surface area contributed by atoms with Crippen molar-refractivity contribution in [2.45, 2.75) is 34.6 Å². The number of aryl methyl sites for hydroxylation is 2. The van der Waals surface area contributed by atoms with E-state index in [9.17, 15) is 4.79 Å². The van der Waals surface area contributed by atoms with Crippen molar-refractivity contribution in [3.05, 3.63) is 21.7 Å². The van der Waals surface area contributed by atoms with Crippen LogP contribution in [0.5, 0.6) is 0 Å². The maximum Gasteiger partial charge on any atom is 0.356 e. The van der Waals surface area contributed by atoms with E-state index in [1.54, 1.807) is 20.8 Å². The van der Waals surface area contributed by atoms with Crippen LogP contribution in [0.4, 0.5) is 0 Å². The van der Waals surface area contributed by atoms with Crippen LogP contribution in [0.1, 0.15) is 42.6 Å². The number of hydrogen-bond donors (Lipinski definition) is 1. The second kappa shape index (κ2) is 7.11. The van der Waals surface area contributed by atoms with E-state index in [1.807, 2.05) is 13.8 Å². The van der Waals surface area contributed by atoms with Crippen molar-refractivity contribution >= 4 is 18.2 Å². The molecular formula is C11H18N2O2S. The largest absolute Gasteiger partial charge is 0.461 e. The monoisotopic (exact) mass is 242 g/mol. The third kappa shape index (κ3) is 3.73. The molecule has 0 saturated carbocycles. The molecule has 0 atom stereocenters. The maximum absolute atomic E-state index is 11.4. The van der Waals surface area contributed by atoms with Crippen LogP contribution in [0, 0.1) is 18.5 Å². The zero-order chi connectivity index (χ0) is 12.7. The zero-order valence-corrected chi connectivity index (χ0v) is 11.2. The minimum atomic E-state index is -0.413. The Bertz CT molecular complexity index is 413. The lowest BCUT2D eigenvalue weighted by Gasteiger charge is -2.05. The van der Waals surface area contributed by atoms with Gasteiger partial charge in [-0.3, -0.25) is 4.98 Å². The van der Waals surface area contributed by atoms with Crippen molar-refractivity contribution in [3.63, 3.8) is 0 Å². The van der Waals surface area contributed by atoms with Gasteiger partial charge in [-0.05, 0) is 20.8 Å². The van der Waals surface area contributed by atoms with Crippen LogP contribution in [0.25, 0.3) is 0 Å². The van der Waals surface area contributed by atoms with Gasteiger partial charge in [0.25, 0.3) is 0 Å². The molecule has 0 amide bonds. The van der Waals surface area contributed by atoms with Crippen molar-refractivity contribution in [1.29, 1.82) is 0 Å². The van der Waals surface area contributed by atoms with Gasteiger partial charge in [-0.15, -0.1) is 0 Å². The molecule has 90 valence electrons. The fourth-order valence-corrected chi connectivity index (χ4v) is 1.20. The second-order valence-corrected chi connectivity index (χ2v) is 3.24. The Morgan fingerprint density at radius 3 is 2.44 bits per heavy atom. The van der Waals surface area contributed by atoms with Crippen molar-refractivity contribution in [1.82, 2.24) is 9.97 Å². The number of H-pyrrole nitrogens is 1. The van der Waals surface area contributed by atoms with Gasteiger partial charge >= 0.3 is 5.97 Å². The minimum absolute atomic E-state index is 0.336. The molecule has 1 heterocycles. The van der Waals surface area contributed by atoms with E-state index in [2.05, 4.69) is 9.97 Å². The molecule has 1 N–H and O–H groups in total. The Morgan fingerprint density at radius 2 is 1.94 bits per heavy atom. The first-order chi connectivity index (χ1) is 7.56. The summed E-state index contributed by atoms with van der Waals surface area (Å²) in [6.45, 7) is 9.63. The molecule has 0 aromatic carbocycles. The summed E-state index contributed by atoms with van der Waals surface area (Å²) >= 11 is 4.98. The first kappa shape index (κ1) is 14.8. The highest BCUT2D eigenvalue weighted by Crippen LogP contribution is 2.05. The normalized spacial score (nSPS) is 9.06. The molecule has 0 bridgehead atoms. The lowest BCUT2D eigenvalue weighted by atomic mass is 10.3. The number of carbonyl (C=O) groups is 1. The summed E-state index contributed by atoms with van der Waals surface area (Å²) in [7, 11) is 0. The van der Waals surface area contributed by atoms with E-state index in [4.69, 9.17) is 17.0 Å². The van der Waals surface area contributed by atoms with E-state index in [1.165, 1.54) is 0 Å². The predicted molar refractivity (Wildman–Crippen MR) is 66.2 cm³/mol. The van der Waals surface area contributed by atoms with Gasteiger partial charge < -0.3 is 9.72 Å². The number of aromatic nitrogens is 2. The van der Waals surface area contributed by atoms with Gasteiger partial charge in [-0.2, -0.15) is 0 Å². The van der Waals surface area contributed by atoms with E-state index < -0.39 is 5.97 Å². The number of nitrogens with zero attached hydrogens (tertiary/aromatic N) is 1. The number of aromatic amines is 1. The number of hydrogen-bond acceptors (Lipinski definition) is 4. The molecule has 0 radical (unpaired) electrons. The maximum atomic E-state index is 11.4. The van der Waals surface area contributed by atoms with Crippen molar-refractivity contribution in [2.75, 3.05) is 6.61 Å². The number of esters is 1.